The standard InChI is InChI=1S/C11H14ClNO3/c1-3-6(2)16-10-8(11(14)15)4-7(13)5-9(10)12/h4-6H,3,13H2,1-2H3,(H,14,15). The minimum absolute atomic E-state index is 0.00898. The zero-order chi connectivity index (χ0) is 12.3. The molecule has 5 heteroatoms. The predicted molar refractivity (Wildman–Crippen MR) is 63.2 cm³/mol. The summed E-state index contributed by atoms with van der Waals surface area (Å²) in [6, 6.07) is 2.82. The van der Waals surface area contributed by atoms with Crippen molar-refractivity contribution in [1.29, 1.82) is 0 Å². The summed E-state index contributed by atoms with van der Waals surface area (Å²) in [5.41, 5.74) is 5.82. The molecular weight excluding hydrogens is 230 g/mol. The first-order valence-electron chi connectivity index (χ1n) is 4.94. The number of carbonyl (C=O) groups is 1. The highest BCUT2D eigenvalue weighted by molar-refractivity contribution is 6.33. The van der Waals surface area contributed by atoms with Gasteiger partial charge in [-0.2, -0.15) is 0 Å². The fraction of sp³-hybridized carbons (Fsp3) is 0.364. The van der Waals surface area contributed by atoms with E-state index in [0.717, 1.165) is 6.42 Å². The maximum Gasteiger partial charge on any atom is 0.339 e. The van der Waals surface area contributed by atoms with Crippen molar-refractivity contribution < 1.29 is 14.6 Å². The van der Waals surface area contributed by atoms with E-state index in [9.17, 15) is 4.79 Å². The van der Waals surface area contributed by atoms with E-state index in [1.165, 1.54) is 12.1 Å². The number of ether oxygens (including phenoxy) is 1. The van der Waals surface area contributed by atoms with Gasteiger partial charge in [-0.3, -0.25) is 0 Å². The first-order chi connectivity index (χ1) is 7.45. The highest BCUT2D eigenvalue weighted by Crippen LogP contribution is 2.32. The van der Waals surface area contributed by atoms with Crippen LogP contribution >= 0.6 is 11.6 Å². The van der Waals surface area contributed by atoms with Crippen LogP contribution in [-0.4, -0.2) is 17.2 Å². The Morgan fingerprint density at radius 2 is 2.25 bits per heavy atom. The highest BCUT2D eigenvalue weighted by atomic mass is 35.5. The molecule has 0 aliphatic rings. The number of carboxylic acid groups (broad SMARTS) is 1. The molecule has 88 valence electrons. The first-order valence-corrected chi connectivity index (χ1v) is 5.32. The van der Waals surface area contributed by atoms with Crippen molar-refractivity contribution in [3.63, 3.8) is 0 Å². The second kappa shape index (κ2) is 5.07. The average molecular weight is 244 g/mol. The van der Waals surface area contributed by atoms with E-state index in [0.29, 0.717) is 5.69 Å². The van der Waals surface area contributed by atoms with Gasteiger partial charge in [-0.25, -0.2) is 4.79 Å². The van der Waals surface area contributed by atoms with E-state index in [1.807, 2.05) is 13.8 Å². The van der Waals surface area contributed by atoms with Crippen molar-refractivity contribution in [2.45, 2.75) is 26.4 Å². The van der Waals surface area contributed by atoms with E-state index in [2.05, 4.69) is 0 Å². The van der Waals surface area contributed by atoms with Gasteiger partial charge in [0.25, 0.3) is 0 Å². The van der Waals surface area contributed by atoms with Crippen LogP contribution in [0.25, 0.3) is 0 Å². The fourth-order valence-corrected chi connectivity index (χ4v) is 1.45. The Hall–Kier alpha value is -1.42. The summed E-state index contributed by atoms with van der Waals surface area (Å²) in [5, 5.41) is 9.23. The molecule has 1 atom stereocenters. The summed E-state index contributed by atoms with van der Waals surface area (Å²) in [6.07, 6.45) is 0.666. The van der Waals surface area contributed by atoms with Crippen LogP contribution < -0.4 is 10.5 Å². The van der Waals surface area contributed by atoms with Crippen molar-refractivity contribution in [2.24, 2.45) is 0 Å². The smallest absolute Gasteiger partial charge is 0.339 e. The van der Waals surface area contributed by atoms with Crippen LogP contribution in [0.15, 0.2) is 12.1 Å². The Labute approximate surface area is 99.0 Å². The lowest BCUT2D eigenvalue weighted by Crippen LogP contribution is -2.13. The molecule has 1 rings (SSSR count). The molecule has 0 amide bonds. The molecule has 0 aliphatic heterocycles. The van der Waals surface area contributed by atoms with Gasteiger partial charge >= 0.3 is 5.97 Å². The van der Waals surface area contributed by atoms with Crippen LogP contribution in [0.2, 0.25) is 5.02 Å². The molecule has 4 nitrogen and oxygen atoms in total. The summed E-state index contributed by atoms with van der Waals surface area (Å²) in [7, 11) is 0. The van der Waals surface area contributed by atoms with Gasteiger partial charge in [0.1, 0.15) is 5.56 Å². The summed E-state index contributed by atoms with van der Waals surface area (Å²) >= 11 is 5.91. The fourth-order valence-electron chi connectivity index (χ4n) is 1.18. The predicted octanol–water partition coefficient (Wildman–Crippen LogP) is 2.80. The second-order valence-corrected chi connectivity index (χ2v) is 3.93. The van der Waals surface area contributed by atoms with Crippen LogP contribution in [0, 0.1) is 0 Å². The molecule has 0 saturated carbocycles. The lowest BCUT2D eigenvalue weighted by atomic mass is 10.1. The Bertz CT molecular complexity index is 406. The number of anilines is 1. The van der Waals surface area contributed by atoms with Crippen molar-refractivity contribution in [2.75, 3.05) is 5.73 Å². The van der Waals surface area contributed by atoms with E-state index in [4.69, 9.17) is 27.2 Å². The van der Waals surface area contributed by atoms with Crippen LogP contribution in [0.5, 0.6) is 5.75 Å². The monoisotopic (exact) mass is 243 g/mol. The summed E-state index contributed by atoms with van der Waals surface area (Å²) < 4.78 is 5.47. The summed E-state index contributed by atoms with van der Waals surface area (Å²) in [4.78, 5) is 11.0. The van der Waals surface area contributed by atoms with Gasteiger partial charge in [0, 0.05) is 5.69 Å². The number of benzene rings is 1. The molecule has 16 heavy (non-hydrogen) atoms. The number of hydrogen-bond acceptors (Lipinski definition) is 3. The molecule has 3 N–H and O–H groups in total. The lowest BCUT2D eigenvalue weighted by molar-refractivity contribution is 0.0689. The Kier molecular flexibility index (Phi) is 4.01. The molecule has 0 heterocycles. The summed E-state index contributed by atoms with van der Waals surface area (Å²) in [6.45, 7) is 3.79. The largest absolute Gasteiger partial charge is 0.488 e. The molecule has 0 aromatic heterocycles. The normalized spacial score (nSPS) is 12.2. The molecule has 1 unspecified atom stereocenters. The van der Waals surface area contributed by atoms with Crippen LogP contribution in [-0.2, 0) is 0 Å². The maximum absolute atomic E-state index is 11.0. The van der Waals surface area contributed by atoms with Crippen molar-refractivity contribution >= 4 is 23.3 Å². The van der Waals surface area contributed by atoms with Gasteiger partial charge in [-0.1, -0.05) is 18.5 Å². The van der Waals surface area contributed by atoms with Crippen LogP contribution in [0.1, 0.15) is 30.6 Å². The molecule has 0 spiro atoms. The molecule has 0 bridgehead atoms. The van der Waals surface area contributed by atoms with Gasteiger partial charge in [-0.15, -0.1) is 0 Å². The Balaban J connectivity index is 3.19. The third-order valence-corrected chi connectivity index (χ3v) is 2.47. The number of aromatic carboxylic acids is 1. The number of hydrogen-bond donors (Lipinski definition) is 2. The van der Waals surface area contributed by atoms with Crippen molar-refractivity contribution in [1.82, 2.24) is 0 Å². The number of halogens is 1. The first kappa shape index (κ1) is 12.6. The maximum atomic E-state index is 11.0. The zero-order valence-corrected chi connectivity index (χ0v) is 9.91. The van der Waals surface area contributed by atoms with Gasteiger partial charge in [-0.05, 0) is 25.5 Å². The Morgan fingerprint density at radius 1 is 1.62 bits per heavy atom. The van der Waals surface area contributed by atoms with Gasteiger partial charge in [0.05, 0.1) is 11.1 Å². The molecule has 0 fully saturated rings. The van der Waals surface area contributed by atoms with Gasteiger partial charge in [0.15, 0.2) is 5.75 Å². The minimum Gasteiger partial charge on any atom is -0.488 e. The van der Waals surface area contributed by atoms with Crippen LogP contribution in [0.3, 0.4) is 0 Å². The van der Waals surface area contributed by atoms with Crippen molar-refractivity contribution in [3.8, 4) is 5.75 Å². The molecule has 1 aromatic carbocycles. The third kappa shape index (κ3) is 2.79. The third-order valence-electron chi connectivity index (χ3n) is 2.19. The number of nitrogens with two attached hydrogens (primary N) is 1. The van der Waals surface area contributed by atoms with E-state index >= 15 is 0 Å². The molecule has 0 saturated heterocycles. The zero-order valence-electron chi connectivity index (χ0n) is 9.16. The molecule has 0 radical (unpaired) electrons. The van der Waals surface area contributed by atoms with E-state index < -0.39 is 5.97 Å². The molecular formula is C11H14ClNO3. The van der Waals surface area contributed by atoms with E-state index in [1.54, 1.807) is 0 Å². The molecule has 1 aromatic rings. The quantitative estimate of drug-likeness (QED) is 0.798. The van der Waals surface area contributed by atoms with E-state index in [-0.39, 0.29) is 22.4 Å². The van der Waals surface area contributed by atoms with Gasteiger partial charge < -0.3 is 15.6 Å². The summed E-state index contributed by atoms with van der Waals surface area (Å²) in [5.74, 6) is -0.926. The van der Waals surface area contributed by atoms with Gasteiger partial charge in [0.2, 0.25) is 0 Å². The number of carboxylic acids is 1. The highest BCUT2D eigenvalue weighted by Gasteiger charge is 2.17. The SMILES string of the molecule is CCC(C)Oc1c(Cl)cc(N)cc1C(=O)O. The number of rotatable bonds is 4. The number of nitrogen functional groups attached to an aromatic ring is 1. The second-order valence-electron chi connectivity index (χ2n) is 3.52. The lowest BCUT2D eigenvalue weighted by Gasteiger charge is -2.16. The topological polar surface area (TPSA) is 72.5 Å². The van der Waals surface area contributed by atoms with Crippen molar-refractivity contribution in [3.05, 3.63) is 22.7 Å². The van der Waals surface area contributed by atoms with Crippen LogP contribution in [0.4, 0.5) is 5.69 Å². The minimum atomic E-state index is -1.10. The molecule has 0 aliphatic carbocycles. The Morgan fingerprint density at radius 3 is 2.75 bits per heavy atom. The average Bonchev–Trinajstić information content (AvgIpc) is 2.20.